The molecule has 1 heterocycles. The molecule has 1 rings (SSSR count). The zero-order valence-electron chi connectivity index (χ0n) is 9.70. The van der Waals surface area contributed by atoms with Crippen LogP contribution in [0.2, 0.25) is 9.49 Å². The van der Waals surface area contributed by atoms with Crippen LogP contribution in [0.15, 0.2) is 4.34 Å². The highest BCUT2D eigenvalue weighted by Gasteiger charge is 2.14. The van der Waals surface area contributed by atoms with Crippen molar-refractivity contribution >= 4 is 62.8 Å². The van der Waals surface area contributed by atoms with Crippen LogP contribution >= 0.6 is 58.5 Å². The second-order valence-corrected chi connectivity index (χ2v) is 7.24. The van der Waals surface area contributed by atoms with E-state index >= 15 is 0 Å². The first-order chi connectivity index (χ1) is 8.08. The lowest BCUT2D eigenvalue weighted by Gasteiger charge is -2.22. The summed E-state index contributed by atoms with van der Waals surface area (Å²) in [5.74, 6) is 0. The van der Waals surface area contributed by atoms with Crippen LogP contribution in [0.25, 0.3) is 0 Å². The second-order valence-electron chi connectivity index (χ2n) is 3.40. The van der Waals surface area contributed by atoms with Gasteiger partial charge in [-0.1, -0.05) is 60.6 Å². The molecule has 0 amide bonds. The Morgan fingerprint density at radius 2 is 1.94 bits per heavy atom. The molecule has 1 aromatic heterocycles. The maximum atomic E-state index is 5.87. The molecule has 0 aliphatic carbocycles. The number of nitrogens with zero attached hydrogens (tertiary/aromatic N) is 2. The van der Waals surface area contributed by atoms with E-state index in [1.165, 1.54) is 23.1 Å². The van der Waals surface area contributed by atoms with Gasteiger partial charge in [-0.25, -0.2) is 4.98 Å². The summed E-state index contributed by atoms with van der Waals surface area (Å²) in [7, 11) is 0. The number of thiocarbonyl (C=S) groups is 1. The Hall–Kier alpha value is 0.450. The second kappa shape index (κ2) is 7.79. The Labute approximate surface area is 126 Å². The summed E-state index contributed by atoms with van der Waals surface area (Å²) >= 11 is 19.9. The van der Waals surface area contributed by atoms with Gasteiger partial charge >= 0.3 is 0 Å². The topological polar surface area (TPSA) is 16.1 Å². The van der Waals surface area contributed by atoms with Crippen LogP contribution < -0.4 is 0 Å². The highest BCUT2D eigenvalue weighted by Crippen LogP contribution is 2.35. The molecule has 0 aromatic carbocycles. The summed E-state index contributed by atoms with van der Waals surface area (Å²) in [6, 6.07) is 0. The van der Waals surface area contributed by atoms with Crippen LogP contribution in [0.1, 0.15) is 26.7 Å². The Morgan fingerprint density at radius 3 is 2.35 bits per heavy atom. The van der Waals surface area contributed by atoms with E-state index in [1.54, 1.807) is 0 Å². The van der Waals surface area contributed by atoms with Gasteiger partial charge in [-0.05, 0) is 24.6 Å². The quantitative estimate of drug-likeness (QED) is 0.561. The van der Waals surface area contributed by atoms with Crippen LogP contribution in [0, 0.1) is 0 Å². The molecule has 0 saturated heterocycles. The van der Waals surface area contributed by atoms with E-state index in [0.717, 1.165) is 34.6 Å². The smallest absolute Gasteiger partial charge is 0.160 e. The van der Waals surface area contributed by atoms with Crippen molar-refractivity contribution in [3.63, 3.8) is 0 Å². The molecule has 1 aromatic rings. The largest absolute Gasteiger partial charge is 0.357 e. The standard InChI is InChI=1S/C10H14Cl2N2S3/c1-3-5-14(6-4-2)10(15)17-9-13-7(11)8(12)16-9/h3-6H2,1-2H3. The van der Waals surface area contributed by atoms with Crippen molar-refractivity contribution in [2.75, 3.05) is 13.1 Å². The van der Waals surface area contributed by atoms with Crippen LogP contribution in [0.4, 0.5) is 0 Å². The minimum atomic E-state index is 0.361. The monoisotopic (exact) mass is 328 g/mol. The normalized spacial score (nSPS) is 10.6. The van der Waals surface area contributed by atoms with Crippen molar-refractivity contribution in [2.24, 2.45) is 0 Å². The van der Waals surface area contributed by atoms with E-state index in [4.69, 9.17) is 35.4 Å². The summed E-state index contributed by atoms with van der Waals surface area (Å²) in [6.45, 7) is 6.25. The van der Waals surface area contributed by atoms with Crippen molar-refractivity contribution in [3.05, 3.63) is 9.49 Å². The molecule has 0 spiro atoms. The number of hydrogen-bond donors (Lipinski definition) is 0. The van der Waals surface area contributed by atoms with Gasteiger partial charge in [-0.2, -0.15) is 0 Å². The van der Waals surface area contributed by atoms with Crippen molar-refractivity contribution in [3.8, 4) is 0 Å². The number of rotatable bonds is 5. The molecule has 0 aliphatic rings. The molecular formula is C10H14Cl2N2S3. The van der Waals surface area contributed by atoms with E-state index in [9.17, 15) is 0 Å². The first kappa shape index (κ1) is 15.5. The van der Waals surface area contributed by atoms with Gasteiger partial charge in [0.15, 0.2) is 9.49 Å². The van der Waals surface area contributed by atoms with E-state index in [2.05, 4.69) is 23.7 Å². The first-order valence-corrected chi connectivity index (χ1v) is 8.16. The zero-order chi connectivity index (χ0) is 12.8. The van der Waals surface area contributed by atoms with E-state index in [0.29, 0.717) is 9.49 Å². The number of thioether (sulfide) groups is 1. The van der Waals surface area contributed by atoms with Gasteiger partial charge in [0.1, 0.15) is 8.66 Å². The lowest BCUT2D eigenvalue weighted by atomic mass is 10.4. The molecule has 0 saturated carbocycles. The van der Waals surface area contributed by atoms with Gasteiger partial charge in [0, 0.05) is 13.1 Å². The first-order valence-electron chi connectivity index (χ1n) is 5.37. The molecule has 17 heavy (non-hydrogen) atoms. The Bertz CT molecular complexity index is 356. The van der Waals surface area contributed by atoms with Crippen molar-refractivity contribution in [1.82, 2.24) is 9.88 Å². The lowest BCUT2D eigenvalue weighted by Crippen LogP contribution is -2.28. The predicted molar refractivity (Wildman–Crippen MR) is 82.7 cm³/mol. The summed E-state index contributed by atoms with van der Waals surface area (Å²) in [6.07, 6.45) is 2.17. The molecule has 0 radical (unpaired) electrons. The fraction of sp³-hybridized carbons (Fsp3) is 0.600. The third-order valence-electron chi connectivity index (χ3n) is 1.95. The van der Waals surface area contributed by atoms with Gasteiger partial charge < -0.3 is 4.90 Å². The molecule has 96 valence electrons. The van der Waals surface area contributed by atoms with E-state index < -0.39 is 0 Å². The van der Waals surface area contributed by atoms with Crippen LogP contribution in [-0.2, 0) is 0 Å². The molecule has 0 N–H and O–H groups in total. The predicted octanol–water partition coefficient (Wildman–Crippen LogP) is 4.95. The molecule has 0 bridgehead atoms. The van der Waals surface area contributed by atoms with Crippen molar-refractivity contribution in [1.29, 1.82) is 0 Å². The summed E-state index contributed by atoms with van der Waals surface area (Å²) in [4.78, 5) is 6.35. The summed E-state index contributed by atoms with van der Waals surface area (Å²) < 4.78 is 2.17. The number of hydrogen-bond acceptors (Lipinski definition) is 4. The fourth-order valence-electron chi connectivity index (χ4n) is 1.28. The van der Waals surface area contributed by atoms with Gasteiger partial charge in [0.2, 0.25) is 0 Å². The van der Waals surface area contributed by atoms with Gasteiger partial charge in [0.05, 0.1) is 0 Å². The van der Waals surface area contributed by atoms with Crippen molar-refractivity contribution < 1.29 is 0 Å². The number of thiazole rings is 1. The van der Waals surface area contributed by atoms with E-state index in [1.807, 2.05) is 0 Å². The molecule has 0 aliphatic heterocycles. The average molecular weight is 329 g/mol. The van der Waals surface area contributed by atoms with E-state index in [-0.39, 0.29) is 0 Å². The maximum Gasteiger partial charge on any atom is 0.160 e. The van der Waals surface area contributed by atoms with Crippen LogP contribution in [-0.4, -0.2) is 27.3 Å². The highest BCUT2D eigenvalue weighted by molar-refractivity contribution is 8.23. The minimum absolute atomic E-state index is 0.361. The van der Waals surface area contributed by atoms with Crippen LogP contribution in [0.5, 0.6) is 0 Å². The number of halogens is 2. The Morgan fingerprint density at radius 1 is 1.35 bits per heavy atom. The molecule has 7 heteroatoms. The molecule has 0 unspecified atom stereocenters. The third-order valence-corrected chi connectivity index (χ3v) is 5.19. The lowest BCUT2D eigenvalue weighted by molar-refractivity contribution is 0.430. The summed E-state index contributed by atoms with van der Waals surface area (Å²) in [5, 5.41) is 0.361. The Kier molecular flexibility index (Phi) is 7.11. The third kappa shape index (κ3) is 4.91. The van der Waals surface area contributed by atoms with Gasteiger partial charge in [-0.3, -0.25) is 0 Å². The highest BCUT2D eigenvalue weighted by atomic mass is 35.5. The Balaban J connectivity index is 2.62. The maximum absolute atomic E-state index is 5.87. The zero-order valence-corrected chi connectivity index (χ0v) is 13.7. The molecule has 0 atom stereocenters. The minimum Gasteiger partial charge on any atom is -0.357 e. The molecule has 2 nitrogen and oxygen atoms in total. The summed E-state index contributed by atoms with van der Waals surface area (Å²) in [5.41, 5.74) is 0. The molecular weight excluding hydrogens is 315 g/mol. The van der Waals surface area contributed by atoms with Crippen molar-refractivity contribution in [2.45, 2.75) is 31.0 Å². The average Bonchev–Trinajstić information content (AvgIpc) is 2.57. The SMILES string of the molecule is CCCN(CCC)C(=S)Sc1nc(Cl)c(Cl)s1. The number of aromatic nitrogens is 1. The van der Waals surface area contributed by atoms with Crippen LogP contribution in [0.3, 0.4) is 0 Å². The fourth-order valence-corrected chi connectivity index (χ4v) is 4.23. The molecule has 0 fully saturated rings. The van der Waals surface area contributed by atoms with Gasteiger partial charge in [-0.15, -0.1) is 0 Å². The van der Waals surface area contributed by atoms with Gasteiger partial charge in [0.25, 0.3) is 0 Å².